The molecule has 0 unspecified atom stereocenters. The molecule has 12 heteroatoms. The SMILES string of the molecule is CCCCCCCCCOc1ccc(-c2ccc(CCCCCCCCC)cn2)c(F)c1F.CCCCCCCCCc1ccc(-c2ccc(OCCCCCC)c(F)c2F)nc1.CCCCCCCCCc1ccc(-c2ccc(OCCCCCCCC)c(F)c2F)nc1. The van der Waals surface area contributed by atoms with E-state index in [1.165, 1.54) is 185 Å². The van der Waals surface area contributed by atoms with Crippen LogP contribution in [0.15, 0.2) is 91.4 Å². The standard InChI is InChI=1S/C29H43F2NO.C28H41F2NO.C26H37F2NO/c1-3-5-7-9-11-13-15-17-24-18-20-26(32-23-24)25-19-21-27(29(31)28(25)30)33-22-16-14-12-10-8-6-4-2;1-3-5-7-9-11-12-14-16-23-17-19-25(31-22-23)24-18-20-26(28(30)27(24)29)32-21-15-13-10-8-6-4-2;1-3-5-7-9-10-11-12-14-21-15-17-23(29-20-21)22-16-18-24(26(28)25(22)27)30-19-13-8-6-4-2/h18-21,23H,3-17,22H2,1-2H3;17-20,22H,3-16,21H2,1-2H3;15-18,20H,3-14,19H2,1-2H3. The van der Waals surface area contributed by atoms with Crippen molar-refractivity contribution >= 4 is 0 Å². The molecule has 0 aliphatic rings. The molecule has 528 valence electrons. The van der Waals surface area contributed by atoms with Crippen LogP contribution in [0.1, 0.15) is 302 Å². The number of unbranched alkanes of at least 4 members (excludes halogenated alkanes) is 32. The van der Waals surface area contributed by atoms with E-state index in [4.69, 9.17) is 14.2 Å². The summed E-state index contributed by atoms with van der Waals surface area (Å²) in [7, 11) is 0. The molecule has 0 aliphatic carbocycles. The predicted molar refractivity (Wildman–Crippen MR) is 386 cm³/mol. The largest absolute Gasteiger partial charge is 0.490 e. The molecule has 3 heterocycles. The molecular formula is C83H121F6N3O3. The number of pyridine rings is 3. The highest BCUT2D eigenvalue weighted by Crippen LogP contribution is 2.33. The van der Waals surface area contributed by atoms with E-state index in [9.17, 15) is 26.3 Å². The van der Waals surface area contributed by atoms with Crippen LogP contribution in [-0.4, -0.2) is 34.8 Å². The highest BCUT2D eigenvalue weighted by molar-refractivity contribution is 5.63. The molecule has 0 aliphatic heterocycles. The first-order valence-electron chi connectivity index (χ1n) is 37.7. The summed E-state index contributed by atoms with van der Waals surface area (Å²) in [6, 6.07) is 20.5. The molecule has 0 saturated carbocycles. The van der Waals surface area contributed by atoms with Gasteiger partial charge >= 0.3 is 0 Å². The minimum absolute atomic E-state index is 0.0159. The maximum Gasteiger partial charge on any atom is 0.201 e. The minimum atomic E-state index is -0.933. The van der Waals surface area contributed by atoms with E-state index < -0.39 is 34.9 Å². The van der Waals surface area contributed by atoms with Gasteiger partial charge in [-0.25, -0.2) is 13.2 Å². The van der Waals surface area contributed by atoms with Gasteiger partial charge in [0.1, 0.15) is 0 Å². The first-order valence-corrected chi connectivity index (χ1v) is 37.7. The Morgan fingerprint density at radius 1 is 0.232 bits per heavy atom. The highest BCUT2D eigenvalue weighted by atomic mass is 19.2. The van der Waals surface area contributed by atoms with Crippen molar-refractivity contribution in [2.45, 2.75) is 305 Å². The summed E-state index contributed by atoms with van der Waals surface area (Å²) in [4.78, 5) is 13.1. The molecular weight excluding hydrogens is 1200 g/mol. The third kappa shape index (κ3) is 33.3. The van der Waals surface area contributed by atoms with Crippen LogP contribution in [0.5, 0.6) is 17.2 Å². The van der Waals surface area contributed by atoms with Gasteiger partial charge in [-0.3, -0.25) is 15.0 Å². The predicted octanol–water partition coefficient (Wildman–Crippen LogP) is 26.8. The molecule has 0 radical (unpaired) electrons. The molecule has 0 saturated heterocycles. The molecule has 6 aromatic rings. The van der Waals surface area contributed by atoms with E-state index in [2.05, 4.69) is 56.5 Å². The second kappa shape index (κ2) is 52.2. The Labute approximate surface area is 571 Å². The van der Waals surface area contributed by atoms with Crippen molar-refractivity contribution in [2.24, 2.45) is 0 Å². The molecule has 0 amide bonds. The molecule has 95 heavy (non-hydrogen) atoms. The second-order valence-electron chi connectivity index (χ2n) is 26.0. The lowest BCUT2D eigenvalue weighted by molar-refractivity contribution is 0.285. The van der Waals surface area contributed by atoms with Gasteiger partial charge in [-0.15, -0.1) is 0 Å². The number of benzene rings is 3. The molecule has 0 N–H and O–H groups in total. The molecule has 3 aromatic heterocycles. The van der Waals surface area contributed by atoms with Crippen LogP contribution >= 0.6 is 0 Å². The minimum Gasteiger partial charge on any atom is -0.490 e. The zero-order chi connectivity index (χ0) is 68.4. The molecule has 3 aromatic carbocycles. The Kier molecular flexibility index (Phi) is 44.8. The van der Waals surface area contributed by atoms with Crippen LogP contribution in [-0.2, 0) is 19.3 Å². The number of hydrogen-bond acceptors (Lipinski definition) is 6. The molecule has 0 atom stereocenters. The summed E-state index contributed by atoms with van der Waals surface area (Å²) in [5.74, 6) is -5.52. The Morgan fingerprint density at radius 3 is 0.663 bits per heavy atom. The third-order valence-electron chi connectivity index (χ3n) is 17.7. The average Bonchev–Trinajstić information content (AvgIpc) is 0.876. The first-order chi connectivity index (χ1) is 46.5. The lowest BCUT2D eigenvalue weighted by Gasteiger charge is -2.10. The molecule has 0 bridgehead atoms. The second-order valence-corrected chi connectivity index (χ2v) is 26.0. The van der Waals surface area contributed by atoms with Crippen molar-refractivity contribution in [1.29, 1.82) is 0 Å². The summed E-state index contributed by atoms with van der Waals surface area (Å²) >= 11 is 0. The van der Waals surface area contributed by atoms with Crippen molar-refractivity contribution in [3.05, 3.63) is 143 Å². The van der Waals surface area contributed by atoms with Gasteiger partial charge in [0, 0.05) is 35.3 Å². The maximum atomic E-state index is 14.7. The van der Waals surface area contributed by atoms with E-state index in [0.29, 0.717) is 36.9 Å². The average molecular weight is 1320 g/mol. The van der Waals surface area contributed by atoms with E-state index in [1.807, 2.05) is 18.2 Å². The lowest BCUT2D eigenvalue weighted by atomic mass is 10.0. The van der Waals surface area contributed by atoms with Crippen LogP contribution < -0.4 is 14.2 Å². The Balaban J connectivity index is 0.000000304. The molecule has 6 nitrogen and oxygen atoms in total. The highest BCUT2D eigenvalue weighted by Gasteiger charge is 2.20. The van der Waals surface area contributed by atoms with Gasteiger partial charge in [-0.1, -0.05) is 265 Å². The number of halogens is 6. The summed E-state index contributed by atoms with van der Waals surface area (Å²) < 4.78 is 104. The lowest BCUT2D eigenvalue weighted by Crippen LogP contribution is -2.02. The zero-order valence-electron chi connectivity index (χ0n) is 59.6. The summed E-state index contributed by atoms with van der Waals surface area (Å²) in [5, 5.41) is 0. The normalized spacial score (nSPS) is 11.1. The van der Waals surface area contributed by atoms with Gasteiger partial charge in [-0.05, 0) is 129 Å². The molecule has 0 fully saturated rings. The van der Waals surface area contributed by atoms with Gasteiger partial charge < -0.3 is 14.2 Å². The number of ether oxygens (including phenoxy) is 3. The summed E-state index contributed by atoms with van der Waals surface area (Å²) in [5.41, 5.74) is 5.30. The summed E-state index contributed by atoms with van der Waals surface area (Å²) in [6.07, 6.45) is 54.0. The van der Waals surface area contributed by atoms with Crippen molar-refractivity contribution in [3.63, 3.8) is 0 Å². The third-order valence-corrected chi connectivity index (χ3v) is 17.7. The molecule has 6 rings (SSSR count). The quantitative estimate of drug-likeness (QED) is 0.0280. The van der Waals surface area contributed by atoms with Crippen LogP contribution in [0, 0.1) is 34.9 Å². The van der Waals surface area contributed by atoms with Gasteiger partial charge in [-0.2, -0.15) is 13.2 Å². The topological polar surface area (TPSA) is 66.4 Å². The first kappa shape index (κ1) is 81.5. The Bertz CT molecular complexity index is 2890. The zero-order valence-corrected chi connectivity index (χ0v) is 59.6. The van der Waals surface area contributed by atoms with E-state index in [1.54, 1.807) is 55.0 Å². The van der Waals surface area contributed by atoms with E-state index in [0.717, 1.165) is 113 Å². The van der Waals surface area contributed by atoms with Crippen molar-refractivity contribution in [2.75, 3.05) is 19.8 Å². The monoisotopic (exact) mass is 1320 g/mol. The number of aryl methyl sites for hydroxylation is 3. The van der Waals surface area contributed by atoms with E-state index >= 15 is 0 Å². The van der Waals surface area contributed by atoms with E-state index in [-0.39, 0.29) is 33.9 Å². The fourth-order valence-corrected chi connectivity index (χ4v) is 11.6. The van der Waals surface area contributed by atoms with Crippen molar-refractivity contribution in [1.82, 2.24) is 15.0 Å². The summed E-state index contributed by atoms with van der Waals surface area (Å²) in [6.45, 7) is 14.4. The Hall–Kier alpha value is -5.91. The molecule has 0 spiro atoms. The number of rotatable bonds is 50. The fourth-order valence-electron chi connectivity index (χ4n) is 11.6. The number of nitrogens with zero attached hydrogens (tertiary/aromatic N) is 3. The van der Waals surface area contributed by atoms with Crippen molar-refractivity contribution < 1.29 is 40.6 Å². The maximum absolute atomic E-state index is 14.7. The van der Waals surface area contributed by atoms with Crippen LogP contribution in [0.25, 0.3) is 33.8 Å². The fraction of sp³-hybridized carbons (Fsp3) is 0.602. The van der Waals surface area contributed by atoms with Gasteiger partial charge in [0.05, 0.1) is 36.9 Å². The van der Waals surface area contributed by atoms with Crippen LogP contribution in [0.2, 0.25) is 0 Å². The van der Waals surface area contributed by atoms with Gasteiger partial charge in [0.15, 0.2) is 34.7 Å². The number of hydrogen-bond donors (Lipinski definition) is 0. The Morgan fingerprint density at radius 2 is 0.442 bits per heavy atom. The number of aromatic nitrogens is 3. The smallest absolute Gasteiger partial charge is 0.201 e. The van der Waals surface area contributed by atoms with Gasteiger partial charge in [0.2, 0.25) is 17.5 Å². The van der Waals surface area contributed by atoms with Crippen molar-refractivity contribution in [3.8, 4) is 51.0 Å². The van der Waals surface area contributed by atoms with Crippen LogP contribution in [0.4, 0.5) is 26.3 Å². The van der Waals surface area contributed by atoms with Crippen LogP contribution in [0.3, 0.4) is 0 Å². The van der Waals surface area contributed by atoms with Gasteiger partial charge in [0.25, 0.3) is 0 Å².